The van der Waals surface area contributed by atoms with Gasteiger partial charge in [0.05, 0.1) is 37.4 Å². The second-order valence-electron chi connectivity index (χ2n) is 7.51. The summed E-state index contributed by atoms with van der Waals surface area (Å²) in [7, 11) is 0. The highest BCUT2D eigenvalue weighted by Crippen LogP contribution is 2.44. The van der Waals surface area contributed by atoms with E-state index in [0.717, 1.165) is 21.1 Å². The van der Waals surface area contributed by atoms with Gasteiger partial charge in [0.15, 0.2) is 5.75 Å². The van der Waals surface area contributed by atoms with Crippen molar-refractivity contribution in [1.82, 2.24) is 4.98 Å². The number of aromatic nitrogens is 1. The molecule has 0 saturated heterocycles. The summed E-state index contributed by atoms with van der Waals surface area (Å²) < 4.78 is 17.4. The van der Waals surface area contributed by atoms with Crippen LogP contribution in [-0.4, -0.2) is 42.8 Å². The van der Waals surface area contributed by atoms with Gasteiger partial charge in [-0.25, -0.2) is 4.79 Å². The predicted octanol–water partition coefficient (Wildman–Crippen LogP) is 4.83. The second-order valence-corrected chi connectivity index (χ2v) is 8.37. The van der Waals surface area contributed by atoms with Crippen LogP contribution in [0.4, 0.5) is 5.69 Å². The Balaban J connectivity index is 1.76. The third kappa shape index (κ3) is 4.60. The first-order valence-corrected chi connectivity index (χ1v) is 11.4. The van der Waals surface area contributed by atoms with Gasteiger partial charge in [0, 0.05) is 16.4 Å². The lowest BCUT2D eigenvalue weighted by molar-refractivity contribution is -0.144. The molecule has 0 aliphatic carbocycles. The molecule has 1 aliphatic heterocycles. The predicted molar refractivity (Wildman–Crippen MR) is 125 cm³/mol. The van der Waals surface area contributed by atoms with E-state index in [4.69, 9.17) is 14.2 Å². The SMILES string of the molecule is CCOC(=O)CC1CN(Cc2ccccc2)c2cc(Br)c3cc(C(=O)OCC)[nH]c3c2O1. The standard InChI is InChI=1S/C24H25BrN2O5/c1-3-30-21(28)10-16-14-27(13-15-8-6-5-7-9-15)20-12-18(25)17-11-19(24(29)31-4-2)26-22(17)23(20)32-16/h5-9,11-12,16,26H,3-4,10,13-14H2,1-2H3. The minimum atomic E-state index is -0.427. The lowest BCUT2D eigenvalue weighted by atomic mass is 10.1. The third-order valence-electron chi connectivity index (χ3n) is 5.26. The molecule has 168 valence electrons. The van der Waals surface area contributed by atoms with Gasteiger partial charge in [-0.3, -0.25) is 4.79 Å². The Morgan fingerprint density at radius 1 is 1.16 bits per heavy atom. The summed E-state index contributed by atoms with van der Waals surface area (Å²) >= 11 is 3.64. The molecule has 0 fully saturated rings. The van der Waals surface area contributed by atoms with E-state index in [1.807, 2.05) is 24.3 Å². The van der Waals surface area contributed by atoms with Crippen molar-refractivity contribution in [3.05, 3.63) is 58.2 Å². The number of rotatable bonds is 7. The maximum Gasteiger partial charge on any atom is 0.354 e. The van der Waals surface area contributed by atoms with Gasteiger partial charge in [-0.05, 0) is 31.5 Å². The molecule has 2 aromatic carbocycles. The molecule has 1 aromatic heterocycles. The van der Waals surface area contributed by atoms with Gasteiger partial charge < -0.3 is 24.1 Å². The lowest BCUT2D eigenvalue weighted by Crippen LogP contribution is -2.41. The fourth-order valence-corrected chi connectivity index (χ4v) is 4.43. The van der Waals surface area contributed by atoms with Crippen molar-refractivity contribution in [3.8, 4) is 5.75 Å². The van der Waals surface area contributed by atoms with Crippen LogP contribution in [0, 0.1) is 0 Å². The number of anilines is 1. The molecule has 2 heterocycles. The average Bonchev–Trinajstić information content (AvgIpc) is 3.22. The molecule has 8 heteroatoms. The Morgan fingerprint density at radius 3 is 2.62 bits per heavy atom. The van der Waals surface area contributed by atoms with Gasteiger partial charge in [0.2, 0.25) is 0 Å². The molecule has 4 rings (SSSR count). The van der Waals surface area contributed by atoms with Gasteiger partial charge in [-0.1, -0.05) is 46.3 Å². The molecule has 3 aromatic rings. The zero-order valence-electron chi connectivity index (χ0n) is 18.0. The maximum absolute atomic E-state index is 12.3. The van der Waals surface area contributed by atoms with E-state index in [1.54, 1.807) is 19.9 Å². The van der Waals surface area contributed by atoms with Gasteiger partial charge in [-0.2, -0.15) is 0 Å². The summed E-state index contributed by atoms with van der Waals surface area (Å²) in [6.07, 6.45) is -0.245. The van der Waals surface area contributed by atoms with Crippen LogP contribution in [0.15, 0.2) is 46.9 Å². The first kappa shape index (κ1) is 22.2. The minimum Gasteiger partial charge on any atom is -0.484 e. The smallest absolute Gasteiger partial charge is 0.354 e. The highest BCUT2D eigenvalue weighted by Gasteiger charge is 2.31. The first-order valence-electron chi connectivity index (χ1n) is 10.6. The van der Waals surface area contributed by atoms with Gasteiger partial charge in [0.25, 0.3) is 0 Å². The monoisotopic (exact) mass is 500 g/mol. The van der Waals surface area contributed by atoms with Crippen LogP contribution in [-0.2, 0) is 20.8 Å². The van der Waals surface area contributed by atoms with E-state index in [0.29, 0.717) is 36.7 Å². The number of carbonyl (C=O) groups excluding carboxylic acids is 2. The van der Waals surface area contributed by atoms with Gasteiger partial charge in [-0.15, -0.1) is 0 Å². The molecule has 1 aliphatic rings. The van der Waals surface area contributed by atoms with Gasteiger partial charge in [0.1, 0.15) is 11.8 Å². The molecule has 1 unspecified atom stereocenters. The number of H-pyrrole nitrogens is 1. The molecule has 0 radical (unpaired) electrons. The molecule has 7 nitrogen and oxygen atoms in total. The van der Waals surface area contributed by atoms with Crippen molar-refractivity contribution in [1.29, 1.82) is 0 Å². The highest BCUT2D eigenvalue weighted by atomic mass is 79.9. The molecular formula is C24H25BrN2O5. The Morgan fingerprint density at radius 2 is 1.91 bits per heavy atom. The summed E-state index contributed by atoms with van der Waals surface area (Å²) in [4.78, 5) is 29.8. The highest BCUT2D eigenvalue weighted by molar-refractivity contribution is 9.10. The summed E-state index contributed by atoms with van der Waals surface area (Å²) in [6, 6.07) is 13.9. The van der Waals surface area contributed by atoms with Crippen molar-refractivity contribution in [2.24, 2.45) is 0 Å². The van der Waals surface area contributed by atoms with Crippen molar-refractivity contribution in [2.75, 3.05) is 24.7 Å². The Bertz CT molecular complexity index is 1130. The number of esters is 2. The Hall–Kier alpha value is -3.00. The third-order valence-corrected chi connectivity index (χ3v) is 5.91. The largest absolute Gasteiger partial charge is 0.484 e. The van der Waals surface area contributed by atoms with Crippen LogP contribution in [0.5, 0.6) is 5.75 Å². The van der Waals surface area contributed by atoms with E-state index >= 15 is 0 Å². The van der Waals surface area contributed by atoms with Crippen molar-refractivity contribution in [3.63, 3.8) is 0 Å². The first-order chi connectivity index (χ1) is 15.5. The van der Waals surface area contributed by atoms with E-state index in [9.17, 15) is 9.59 Å². The van der Waals surface area contributed by atoms with E-state index in [-0.39, 0.29) is 25.1 Å². The normalized spacial score (nSPS) is 15.2. The number of hydrogen-bond donors (Lipinski definition) is 1. The number of carbonyl (C=O) groups is 2. The number of ether oxygens (including phenoxy) is 3. The molecule has 32 heavy (non-hydrogen) atoms. The number of aromatic amines is 1. The molecule has 0 spiro atoms. The van der Waals surface area contributed by atoms with Crippen molar-refractivity contribution >= 4 is 44.5 Å². The van der Waals surface area contributed by atoms with E-state index in [1.165, 1.54) is 0 Å². The van der Waals surface area contributed by atoms with Crippen LogP contribution >= 0.6 is 15.9 Å². The van der Waals surface area contributed by atoms with Crippen LogP contribution in [0.25, 0.3) is 10.9 Å². The average molecular weight is 501 g/mol. The number of nitrogens with one attached hydrogen (secondary N) is 1. The number of hydrogen-bond acceptors (Lipinski definition) is 6. The fourth-order valence-electron chi connectivity index (χ4n) is 3.90. The number of halogens is 1. The van der Waals surface area contributed by atoms with Crippen LogP contribution in [0.3, 0.4) is 0 Å². The zero-order valence-corrected chi connectivity index (χ0v) is 19.6. The van der Waals surface area contributed by atoms with Crippen molar-refractivity contribution in [2.45, 2.75) is 32.9 Å². The lowest BCUT2D eigenvalue weighted by Gasteiger charge is -2.36. The summed E-state index contributed by atoms with van der Waals surface area (Å²) in [5.41, 5.74) is 3.06. The van der Waals surface area contributed by atoms with Crippen LogP contribution in [0.1, 0.15) is 36.3 Å². The van der Waals surface area contributed by atoms with E-state index in [2.05, 4.69) is 37.9 Å². The number of benzene rings is 2. The number of nitrogens with zero attached hydrogens (tertiary/aromatic N) is 1. The van der Waals surface area contributed by atoms with Crippen molar-refractivity contribution < 1.29 is 23.8 Å². The van der Waals surface area contributed by atoms with Crippen LogP contribution < -0.4 is 9.64 Å². The zero-order chi connectivity index (χ0) is 22.7. The topological polar surface area (TPSA) is 80.9 Å². The summed E-state index contributed by atoms with van der Waals surface area (Å²) in [5, 5.41) is 0.809. The molecular weight excluding hydrogens is 476 g/mol. The minimum absolute atomic E-state index is 0.140. The van der Waals surface area contributed by atoms with Gasteiger partial charge >= 0.3 is 11.9 Å². The summed E-state index contributed by atoms with van der Waals surface area (Å²) in [5.74, 6) is -0.118. The maximum atomic E-state index is 12.3. The molecule has 1 N–H and O–H groups in total. The molecule has 1 atom stereocenters. The van der Waals surface area contributed by atoms with E-state index < -0.39 is 5.97 Å². The Kier molecular flexibility index (Phi) is 6.69. The summed E-state index contributed by atoms with van der Waals surface area (Å²) in [6.45, 7) is 5.35. The Labute approximate surface area is 194 Å². The molecule has 0 bridgehead atoms. The van der Waals surface area contributed by atoms with Crippen LogP contribution in [0.2, 0.25) is 0 Å². The quantitative estimate of drug-likeness (QED) is 0.468. The fraction of sp³-hybridized carbons (Fsp3) is 0.333. The molecule has 0 saturated carbocycles. The second kappa shape index (κ2) is 9.65. The number of fused-ring (bicyclic) bond motifs is 3. The molecule has 0 amide bonds.